The van der Waals surface area contributed by atoms with E-state index in [9.17, 15) is 18.0 Å². The molecule has 160 valence electrons. The molecule has 0 saturated carbocycles. The summed E-state index contributed by atoms with van der Waals surface area (Å²) in [4.78, 5) is 25.8. The van der Waals surface area contributed by atoms with Gasteiger partial charge in [0.25, 0.3) is 10.1 Å². The van der Waals surface area contributed by atoms with E-state index in [4.69, 9.17) is 13.7 Å². The lowest BCUT2D eigenvalue weighted by Gasteiger charge is -2.21. The van der Waals surface area contributed by atoms with E-state index in [2.05, 4.69) is 0 Å². The average molecular weight is 433 g/mol. The highest BCUT2D eigenvalue weighted by Gasteiger charge is 2.43. The molecule has 1 aliphatic rings. The van der Waals surface area contributed by atoms with Gasteiger partial charge in [-0.05, 0) is 11.1 Å². The Morgan fingerprint density at radius 1 is 1.00 bits per heavy atom. The average Bonchev–Trinajstić information content (AvgIpc) is 3.15. The number of methoxy groups -OCH3 is 1. The molecule has 0 spiro atoms. The number of carbonyl (C=O) groups is 2. The van der Waals surface area contributed by atoms with Gasteiger partial charge in [-0.25, -0.2) is 9.59 Å². The molecular formula is C21H23NO7S. The zero-order chi connectivity index (χ0) is 21.6. The predicted molar refractivity (Wildman–Crippen MR) is 108 cm³/mol. The van der Waals surface area contributed by atoms with Crippen molar-refractivity contribution in [3.8, 4) is 0 Å². The first kappa shape index (κ1) is 21.8. The number of hydrogen-bond acceptors (Lipinski definition) is 7. The van der Waals surface area contributed by atoms with Gasteiger partial charge in [0.1, 0.15) is 18.4 Å². The molecule has 1 saturated heterocycles. The summed E-state index contributed by atoms with van der Waals surface area (Å²) in [6.45, 7) is -0.0662. The van der Waals surface area contributed by atoms with Gasteiger partial charge in [-0.3, -0.25) is 9.08 Å². The topological polar surface area (TPSA) is 99.2 Å². The number of amides is 1. The van der Waals surface area contributed by atoms with Crippen LogP contribution in [0.4, 0.5) is 4.79 Å². The molecule has 3 rings (SSSR count). The molecule has 0 aliphatic carbocycles. The van der Waals surface area contributed by atoms with Crippen molar-refractivity contribution in [3.05, 3.63) is 71.8 Å². The standard InChI is InChI=1S/C21H23NO7S/c1-27-20(23)19-12-18(29-30(25,26)15-17-10-6-3-7-11-17)13-22(19)21(24)28-14-16-8-4-2-5-9-16/h2-11,18-19H,12-15H2,1H3/t18?,19-/m1/s1. The lowest BCUT2D eigenvalue weighted by Crippen LogP contribution is -2.41. The summed E-state index contributed by atoms with van der Waals surface area (Å²) < 4.78 is 40.2. The summed E-state index contributed by atoms with van der Waals surface area (Å²) in [5.74, 6) is -0.954. The number of rotatable bonds is 7. The second-order valence-corrected chi connectivity index (χ2v) is 8.47. The van der Waals surface area contributed by atoms with Crippen LogP contribution in [0.3, 0.4) is 0 Å². The van der Waals surface area contributed by atoms with E-state index in [0.717, 1.165) is 10.5 Å². The second kappa shape index (κ2) is 9.73. The molecule has 0 bridgehead atoms. The maximum atomic E-state index is 12.5. The van der Waals surface area contributed by atoms with E-state index in [1.54, 1.807) is 42.5 Å². The van der Waals surface area contributed by atoms with Crippen molar-refractivity contribution in [3.63, 3.8) is 0 Å². The van der Waals surface area contributed by atoms with Gasteiger partial charge in [-0.1, -0.05) is 60.7 Å². The van der Waals surface area contributed by atoms with Crippen LogP contribution in [0.5, 0.6) is 0 Å². The van der Waals surface area contributed by atoms with E-state index < -0.39 is 34.3 Å². The van der Waals surface area contributed by atoms with E-state index in [-0.39, 0.29) is 25.3 Å². The van der Waals surface area contributed by atoms with Crippen molar-refractivity contribution in [2.24, 2.45) is 0 Å². The Balaban J connectivity index is 1.65. The Bertz CT molecular complexity index is 963. The van der Waals surface area contributed by atoms with Crippen LogP contribution in [-0.4, -0.2) is 51.2 Å². The fraction of sp³-hybridized carbons (Fsp3) is 0.333. The highest BCUT2D eigenvalue weighted by molar-refractivity contribution is 7.85. The molecule has 2 aromatic rings. The number of carbonyl (C=O) groups excluding carboxylic acids is 2. The van der Waals surface area contributed by atoms with Crippen LogP contribution in [0.2, 0.25) is 0 Å². The van der Waals surface area contributed by atoms with Gasteiger partial charge in [0.15, 0.2) is 0 Å². The molecule has 8 nitrogen and oxygen atoms in total. The molecule has 1 heterocycles. The molecule has 1 fully saturated rings. The summed E-state index contributed by atoms with van der Waals surface area (Å²) in [6.07, 6.45) is -1.60. The molecule has 30 heavy (non-hydrogen) atoms. The zero-order valence-electron chi connectivity index (χ0n) is 16.5. The van der Waals surface area contributed by atoms with Crippen LogP contribution in [0, 0.1) is 0 Å². The fourth-order valence-electron chi connectivity index (χ4n) is 3.25. The minimum absolute atomic E-state index is 0.00112. The minimum atomic E-state index is -3.91. The van der Waals surface area contributed by atoms with Gasteiger partial charge in [-0.2, -0.15) is 8.42 Å². The number of hydrogen-bond donors (Lipinski definition) is 0. The maximum Gasteiger partial charge on any atom is 0.410 e. The monoisotopic (exact) mass is 433 g/mol. The highest BCUT2D eigenvalue weighted by atomic mass is 32.2. The van der Waals surface area contributed by atoms with Gasteiger partial charge in [-0.15, -0.1) is 0 Å². The highest BCUT2D eigenvalue weighted by Crippen LogP contribution is 2.25. The number of benzene rings is 2. The van der Waals surface area contributed by atoms with E-state index in [0.29, 0.717) is 5.56 Å². The SMILES string of the molecule is COC(=O)[C@H]1CC(OS(=O)(=O)Cc2ccccc2)CN1C(=O)OCc1ccccc1. The van der Waals surface area contributed by atoms with Crippen LogP contribution in [-0.2, 0) is 40.9 Å². The van der Waals surface area contributed by atoms with E-state index >= 15 is 0 Å². The van der Waals surface area contributed by atoms with Crippen molar-refractivity contribution in [2.75, 3.05) is 13.7 Å². The quantitative estimate of drug-likeness (QED) is 0.489. The van der Waals surface area contributed by atoms with Gasteiger partial charge in [0.2, 0.25) is 0 Å². The number of esters is 1. The summed E-state index contributed by atoms with van der Waals surface area (Å²) in [6, 6.07) is 16.7. The van der Waals surface area contributed by atoms with Crippen LogP contribution >= 0.6 is 0 Å². The first-order valence-electron chi connectivity index (χ1n) is 9.38. The van der Waals surface area contributed by atoms with Gasteiger partial charge < -0.3 is 9.47 Å². The predicted octanol–water partition coefficient (Wildman–Crippen LogP) is 2.49. The van der Waals surface area contributed by atoms with Crippen LogP contribution < -0.4 is 0 Å². The first-order valence-corrected chi connectivity index (χ1v) is 11.0. The van der Waals surface area contributed by atoms with Crippen LogP contribution in [0.25, 0.3) is 0 Å². The molecular weight excluding hydrogens is 410 g/mol. The van der Waals surface area contributed by atoms with Crippen molar-refractivity contribution in [1.29, 1.82) is 0 Å². The normalized spacial score (nSPS) is 18.8. The third-order valence-electron chi connectivity index (χ3n) is 4.64. The number of likely N-dealkylation sites (tertiary alicyclic amines) is 1. The molecule has 0 radical (unpaired) electrons. The van der Waals surface area contributed by atoms with E-state index in [1.807, 2.05) is 18.2 Å². The second-order valence-electron chi connectivity index (χ2n) is 6.87. The summed E-state index contributed by atoms with van der Waals surface area (Å²) in [7, 11) is -2.70. The summed E-state index contributed by atoms with van der Waals surface area (Å²) in [5.41, 5.74) is 1.37. The Morgan fingerprint density at radius 3 is 2.20 bits per heavy atom. The fourth-order valence-corrected chi connectivity index (χ4v) is 4.47. The van der Waals surface area contributed by atoms with Crippen molar-refractivity contribution >= 4 is 22.2 Å². The number of nitrogens with zero attached hydrogens (tertiary/aromatic N) is 1. The molecule has 1 unspecified atom stereocenters. The smallest absolute Gasteiger partial charge is 0.410 e. The van der Waals surface area contributed by atoms with Crippen molar-refractivity contribution in [2.45, 2.75) is 30.9 Å². The van der Waals surface area contributed by atoms with Gasteiger partial charge >= 0.3 is 12.1 Å². The Kier molecular flexibility index (Phi) is 7.07. The third kappa shape index (κ3) is 5.80. The van der Waals surface area contributed by atoms with Gasteiger partial charge in [0, 0.05) is 6.42 Å². The largest absolute Gasteiger partial charge is 0.467 e. The molecule has 1 amide bonds. The van der Waals surface area contributed by atoms with Crippen LogP contribution in [0.1, 0.15) is 17.5 Å². The first-order chi connectivity index (χ1) is 14.4. The van der Waals surface area contributed by atoms with Crippen LogP contribution in [0.15, 0.2) is 60.7 Å². The Labute approximate surface area is 175 Å². The maximum absolute atomic E-state index is 12.5. The summed E-state index contributed by atoms with van der Waals surface area (Å²) >= 11 is 0. The minimum Gasteiger partial charge on any atom is -0.467 e. The molecule has 1 aliphatic heterocycles. The van der Waals surface area contributed by atoms with Gasteiger partial charge in [0.05, 0.1) is 19.8 Å². The molecule has 9 heteroatoms. The van der Waals surface area contributed by atoms with Crippen molar-refractivity contribution < 1.29 is 31.7 Å². The lowest BCUT2D eigenvalue weighted by molar-refractivity contribution is -0.145. The zero-order valence-corrected chi connectivity index (χ0v) is 17.3. The molecule has 2 atom stereocenters. The van der Waals surface area contributed by atoms with E-state index in [1.165, 1.54) is 7.11 Å². The Morgan fingerprint density at radius 2 is 1.60 bits per heavy atom. The lowest BCUT2D eigenvalue weighted by atomic mass is 10.2. The number of ether oxygens (including phenoxy) is 2. The molecule has 2 aromatic carbocycles. The Hall–Kier alpha value is -2.91. The molecule has 0 N–H and O–H groups in total. The molecule has 0 aromatic heterocycles. The van der Waals surface area contributed by atoms with Crippen molar-refractivity contribution in [1.82, 2.24) is 4.90 Å². The third-order valence-corrected chi connectivity index (χ3v) is 5.90. The summed E-state index contributed by atoms with van der Waals surface area (Å²) in [5, 5.41) is 0.